The Balaban J connectivity index is 0.000000236. The van der Waals surface area contributed by atoms with Crippen LogP contribution in [0.2, 0.25) is 0 Å². The summed E-state index contributed by atoms with van der Waals surface area (Å²) in [6, 6.07) is 9.97. The molecule has 0 unspecified atom stereocenters. The second-order valence-electron chi connectivity index (χ2n) is 1.37. The van der Waals surface area contributed by atoms with Crippen LogP contribution in [0.15, 0.2) is 34.8 Å². The summed E-state index contributed by atoms with van der Waals surface area (Å²) < 4.78 is 1.13. The lowest BCUT2D eigenvalue weighted by molar-refractivity contribution is 1.66. The molecule has 0 nitrogen and oxygen atoms in total. The number of hydrogen-bond donors (Lipinski definition) is 0. The molecule has 0 N–H and O–H groups in total. The fourth-order valence-corrected chi connectivity index (χ4v) is 0.720. The summed E-state index contributed by atoms with van der Waals surface area (Å²) in [4.78, 5) is 0. The molecule has 10 heavy (non-hydrogen) atoms. The maximum Gasteiger partial charge on any atom is 0.0713 e. The average molecular weight is 260 g/mol. The third-order valence-corrected chi connectivity index (χ3v) is 1.26. The van der Waals surface area contributed by atoms with Crippen LogP contribution in [0.4, 0.5) is 0 Å². The minimum atomic E-state index is 0.0278. The first-order valence-corrected chi connectivity index (χ1v) is 6.29. The minimum Gasteiger partial charge on any atom is -0.0818 e. The molecule has 1 rings (SSSR count). The van der Waals surface area contributed by atoms with Crippen LogP contribution in [0.25, 0.3) is 0 Å². The molecule has 0 heterocycles. The van der Waals surface area contributed by atoms with E-state index in [1.807, 2.05) is 30.3 Å². The smallest absolute Gasteiger partial charge is 0.0713 e. The van der Waals surface area contributed by atoms with Gasteiger partial charge in [-0.2, -0.15) is 0 Å². The Hall–Kier alpha value is 0.710. The lowest BCUT2D eigenvalue weighted by atomic mass is 10.4. The molecule has 0 fully saturated rings. The van der Waals surface area contributed by atoms with Gasteiger partial charge in [-0.3, -0.25) is 0 Å². The molecule has 0 spiro atoms. The number of halogens is 3. The molecule has 0 saturated heterocycles. The number of rotatable bonds is 0. The lowest BCUT2D eigenvalue weighted by Gasteiger charge is -1.80. The second kappa shape index (κ2) is 7.81. The molecule has 0 aromatic heterocycles. The van der Waals surface area contributed by atoms with E-state index in [9.17, 15) is 0 Å². The van der Waals surface area contributed by atoms with Gasteiger partial charge in [0.2, 0.25) is 0 Å². The van der Waals surface area contributed by atoms with Crippen LogP contribution < -0.4 is 0 Å². The Bertz CT molecular complexity index is 157. The van der Waals surface area contributed by atoms with Crippen LogP contribution in [0, 0.1) is 0 Å². The summed E-state index contributed by atoms with van der Waals surface area (Å²) in [6.07, 6.45) is 0. The van der Waals surface area contributed by atoms with Gasteiger partial charge in [-0.1, -0.05) is 56.6 Å². The van der Waals surface area contributed by atoms with Gasteiger partial charge in [0.15, 0.2) is 0 Å². The van der Waals surface area contributed by atoms with Gasteiger partial charge in [0.05, 0.1) is 7.29 Å². The zero-order valence-corrected chi connectivity index (χ0v) is 9.12. The molecule has 0 amide bonds. The summed E-state index contributed by atoms with van der Waals surface area (Å²) in [5.74, 6) is 0. The summed E-state index contributed by atoms with van der Waals surface area (Å²) in [5.41, 5.74) is 0. The molecule has 0 radical (unpaired) electrons. The van der Waals surface area contributed by atoms with Gasteiger partial charge in [0, 0.05) is 4.47 Å². The third kappa shape index (κ3) is 6.82. The van der Waals surface area contributed by atoms with E-state index >= 15 is 0 Å². The summed E-state index contributed by atoms with van der Waals surface area (Å²) >= 11 is 12.9. The van der Waals surface area contributed by atoms with Crippen molar-refractivity contribution in [3.63, 3.8) is 0 Å². The van der Waals surface area contributed by atoms with E-state index in [-0.39, 0.29) is 7.29 Å². The summed E-state index contributed by atoms with van der Waals surface area (Å²) in [5, 5.41) is 0. The second-order valence-corrected chi connectivity index (χ2v) is 4.14. The van der Waals surface area contributed by atoms with Crippen molar-refractivity contribution >= 4 is 45.7 Å². The number of benzene rings is 1. The quantitative estimate of drug-likeness (QED) is 0.605. The predicted molar refractivity (Wildman–Crippen MR) is 54.2 cm³/mol. The molecule has 0 bridgehead atoms. The van der Waals surface area contributed by atoms with E-state index in [1.165, 1.54) is 0 Å². The van der Waals surface area contributed by atoms with E-state index in [0.717, 1.165) is 4.47 Å². The van der Waals surface area contributed by atoms with Gasteiger partial charge in [0.25, 0.3) is 0 Å². The highest BCUT2D eigenvalue weighted by Crippen LogP contribution is 2.19. The Labute approximate surface area is 80.4 Å². The van der Waals surface area contributed by atoms with Gasteiger partial charge in [-0.25, -0.2) is 0 Å². The minimum absolute atomic E-state index is 0.0278. The van der Waals surface area contributed by atoms with Gasteiger partial charge >= 0.3 is 0 Å². The Kier molecular flexibility index (Phi) is 8.37. The first-order chi connectivity index (χ1) is 4.81. The topological polar surface area (TPSA) is 0 Å². The van der Waals surface area contributed by atoms with Crippen molar-refractivity contribution in [3.8, 4) is 0 Å². The first kappa shape index (κ1) is 10.7. The van der Waals surface area contributed by atoms with Gasteiger partial charge in [-0.05, 0) is 12.1 Å². The van der Waals surface area contributed by atoms with Crippen LogP contribution in [-0.4, -0.2) is 0 Å². The Morgan fingerprint density at radius 1 is 1.10 bits per heavy atom. The summed E-state index contributed by atoms with van der Waals surface area (Å²) in [7, 11) is 0.0278. The Morgan fingerprint density at radius 3 is 1.70 bits per heavy atom. The fraction of sp³-hybridized carbons (Fsp3) is 0. The zero-order valence-electron chi connectivity index (χ0n) is 5.02. The molecule has 56 valence electrons. The SMILES string of the molecule is Brc1ccccc1.ClPCl. The average Bonchev–Trinajstić information content (AvgIpc) is 1.91. The summed E-state index contributed by atoms with van der Waals surface area (Å²) in [6.45, 7) is 0. The van der Waals surface area contributed by atoms with Crippen molar-refractivity contribution in [1.29, 1.82) is 0 Å². The maximum atomic E-state index is 4.79. The van der Waals surface area contributed by atoms with E-state index in [0.29, 0.717) is 0 Å². The Morgan fingerprint density at radius 2 is 1.50 bits per heavy atom. The van der Waals surface area contributed by atoms with Gasteiger partial charge in [-0.15, -0.1) is 0 Å². The van der Waals surface area contributed by atoms with E-state index < -0.39 is 0 Å². The first-order valence-electron chi connectivity index (χ1n) is 2.48. The van der Waals surface area contributed by atoms with Gasteiger partial charge < -0.3 is 0 Å². The molecule has 0 aliphatic heterocycles. The predicted octanol–water partition coefficient (Wildman–Crippen LogP) is 4.42. The highest BCUT2D eigenvalue weighted by atomic mass is 79.9. The van der Waals surface area contributed by atoms with Crippen molar-refractivity contribution in [2.45, 2.75) is 0 Å². The van der Waals surface area contributed by atoms with Crippen molar-refractivity contribution in [2.24, 2.45) is 0 Å². The lowest BCUT2D eigenvalue weighted by Crippen LogP contribution is -1.55. The van der Waals surface area contributed by atoms with Crippen molar-refractivity contribution < 1.29 is 0 Å². The van der Waals surface area contributed by atoms with E-state index in [1.54, 1.807) is 0 Å². The van der Waals surface area contributed by atoms with Crippen LogP contribution >= 0.6 is 45.7 Å². The van der Waals surface area contributed by atoms with Crippen LogP contribution in [-0.2, 0) is 0 Å². The molecule has 0 aliphatic carbocycles. The highest BCUT2D eigenvalue weighted by Gasteiger charge is 1.74. The molecule has 0 saturated carbocycles. The molecule has 1 aromatic carbocycles. The molecule has 0 aliphatic rings. The molecule has 4 heteroatoms. The highest BCUT2D eigenvalue weighted by molar-refractivity contribution is 9.10. The molecular weight excluding hydrogens is 254 g/mol. The third-order valence-electron chi connectivity index (χ3n) is 0.733. The normalized spacial score (nSPS) is 7.90. The fourth-order valence-electron chi connectivity index (χ4n) is 0.415. The van der Waals surface area contributed by atoms with Gasteiger partial charge in [0.1, 0.15) is 0 Å². The van der Waals surface area contributed by atoms with Crippen molar-refractivity contribution in [1.82, 2.24) is 0 Å². The van der Waals surface area contributed by atoms with Crippen LogP contribution in [0.3, 0.4) is 0 Å². The largest absolute Gasteiger partial charge is 0.0818 e. The number of hydrogen-bond acceptors (Lipinski definition) is 0. The zero-order chi connectivity index (χ0) is 7.82. The monoisotopic (exact) mass is 258 g/mol. The van der Waals surface area contributed by atoms with E-state index in [2.05, 4.69) is 15.9 Å². The van der Waals surface area contributed by atoms with Crippen molar-refractivity contribution in [2.75, 3.05) is 0 Å². The molecule has 0 atom stereocenters. The molecular formula is C6H6BrCl2P. The maximum absolute atomic E-state index is 4.79. The van der Waals surface area contributed by atoms with Crippen LogP contribution in [0.1, 0.15) is 0 Å². The van der Waals surface area contributed by atoms with Crippen LogP contribution in [0.5, 0.6) is 0 Å². The molecule has 1 aromatic rings. The van der Waals surface area contributed by atoms with E-state index in [4.69, 9.17) is 22.5 Å². The standard InChI is InChI=1S/C6H5Br.Cl2HP/c7-6-4-2-1-3-5-6;1-3-2/h1-5H;3H. The van der Waals surface area contributed by atoms with Crippen molar-refractivity contribution in [3.05, 3.63) is 34.8 Å².